The molecule has 0 radical (unpaired) electrons. The summed E-state index contributed by atoms with van der Waals surface area (Å²) < 4.78 is 10.7. The molecule has 21 heavy (non-hydrogen) atoms. The topological polar surface area (TPSA) is 56.5 Å². The van der Waals surface area contributed by atoms with Crippen molar-refractivity contribution >= 4 is 11.4 Å². The van der Waals surface area contributed by atoms with Gasteiger partial charge in [-0.05, 0) is 30.5 Å². The molecule has 0 fully saturated rings. The number of hydrogen-bond donors (Lipinski definition) is 2. The fourth-order valence-electron chi connectivity index (χ4n) is 2.88. The number of anilines is 2. The Balaban J connectivity index is 1.95. The molecule has 4 heteroatoms. The molecule has 2 aromatic carbocycles. The van der Waals surface area contributed by atoms with Crippen molar-refractivity contribution < 1.29 is 9.47 Å². The van der Waals surface area contributed by atoms with Gasteiger partial charge in [0.1, 0.15) is 0 Å². The van der Waals surface area contributed by atoms with E-state index < -0.39 is 0 Å². The molecule has 110 valence electrons. The van der Waals surface area contributed by atoms with Gasteiger partial charge in [-0.15, -0.1) is 0 Å². The molecule has 2 aromatic rings. The van der Waals surface area contributed by atoms with Crippen molar-refractivity contribution in [3.8, 4) is 11.5 Å². The van der Waals surface area contributed by atoms with Gasteiger partial charge in [-0.1, -0.05) is 18.2 Å². The molecule has 1 atom stereocenters. The average molecular weight is 284 g/mol. The van der Waals surface area contributed by atoms with Crippen molar-refractivity contribution in [3.63, 3.8) is 0 Å². The fourth-order valence-corrected chi connectivity index (χ4v) is 2.88. The Morgan fingerprint density at radius 3 is 2.57 bits per heavy atom. The van der Waals surface area contributed by atoms with Crippen LogP contribution in [0.4, 0.5) is 11.4 Å². The quantitative estimate of drug-likeness (QED) is 0.848. The number of ether oxygens (including phenoxy) is 2. The largest absolute Gasteiger partial charge is 0.493 e. The third-order valence-electron chi connectivity index (χ3n) is 4.01. The van der Waals surface area contributed by atoms with E-state index >= 15 is 0 Å². The highest BCUT2D eigenvalue weighted by atomic mass is 16.5. The first-order chi connectivity index (χ1) is 10.2. The summed E-state index contributed by atoms with van der Waals surface area (Å²) in [6.45, 7) is 0. The maximum absolute atomic E-state index is 6.20. The molecule has 1 heterocycles. The molecule has 4 nitrogen and oxygen atoms in total. The first-order valence-electron chi connectivity index (χ1n) is 7.08. The number of benzene rings is 2. The Morgan fingerprint density at radius 1 is 1.10 bits per heavy atom. The first-order valence-corrected chi connectivity index (χ1v) is 7.08. The maximum Gasteiger partial charge on any atom is 0.162 e. The monoisotopic (exact) mass is 284 g/mol. The molecular weight excluding hydrogens is 264 g/mol. The molecule has 0 spiro atoms. The number of nitrogens with two attached hydrogens (primary N) is 1. The number of aryl methyl sites for hydroxylation is 1. The van der Waals surface area contributed by atoms with Gasteiger partial charge in [-0.2, -0.15) is 0 Å². The van der Waals surface area contributed by atoms with E-state index in [1.807, 2.05) is 18.2 Å². The number of rotatable bonds is 3. The lowest BCUT2D eigenvalue weighted by Gasteiger charge is -2.28. The molecule has 3 N–H and O–H groups in total. The van der Waals surface area contributed by atoms with Crippen LogP contribution in [0.5, 0.6) is 11.5 Å². The van der Waals surface area contributed by atoms with Crippen molar-refractivity contribution in [1.29, 1.82) is 0 Å². The minimum Gasteiger partial charge on any atom is -0.493 e. The van der Waals surface area contributed by atoms with Crippen LogP contribution in [0.3, 0.4) is 0 Å². The number of nitrogen functional groups attached to an aromatic ring is 1. The summed E-state index contributed by atoms with van der Waals surface area (Å²) in [5.74, 6) is 1.37. The van der Waals surface area contributed by atoms with Crippen LogP contribution in [0.2, 0.25) is 0 Å². The van der Waals surface area contributed by atoms with Crippen LogP contribution < -0.4 is 20.5 Å². The second kappa shape index (κ2) is 5.56. The van der Waals surface area contributed by atoms with E-state index in [0.717, 1.165) is 24.1 Å². The van der Waals surface area contributed by atoms with Crippen molar-refractivity contribution in [3.05, 3.63) is 47.5 Å². The lowest BCUT2D eigenvalue weighted by atomic mass is 9.92. The Labute approximate surface area is 124 Å². The number of methoxy groups -OCH3 is 2. The molecule has 0 bridgehead atoms. The predicted molar refractivity (Wildman–Crippen MR) is 85.1 cm³/mol. The van der Waals surface area contributed by atoms with Gasteiger partial charge >= 0.3 is 0 Å². The number of para-hydroxylation sites is 1. The van der Waals surface area contributed by atoms with Gasteiger partial charge in [-0.25, -0.2) is 0 Å². The molecule has 3 rings (SSSR count). The van der Waals surface area contributed by atoms with Crippen molar-refractivity contribution in [2.45, 2.75) is 18.9 Å². The SMILES string of the molecule is COc1cc(N)c(C2CCc3ccccc3N2)cc1OC. The van der Waals surface area contributed by atoms with E-state index in [-0.39, 0.29) is 6.04 Å². The van der Waals surface area contributed by atoms with Crippen molar-refractivity contribution in [2.75, 3.05) is 25.3 Å². The summed E-state index contributed by atoms with van der Waals surface area (Å²) in [7, 11) is 3.26. The van der Waals surface area contributed by atoms with E-state index in [0.29, 0.717) is 11.5 Å². The highest BCUT2D eigenvalue weighted by Gasteiger charge is 2.22. The van der Waals surface area contributed by atoms with Crippen LogP contribution in [0.1, 0.15) is 23.6 Å². The maximum atomic E-state index is 6.20. The molecule has 1 aliphatic rings. The Bertz CT molecular complexity index is 655. The molecule has 0 saturated carbocycles. The third kappa shape index (κ3) is 2.49. The zero-order valence-corrected chi connectivity index (χ0v) is 12.3. The summed E-state index contributed by atoms with van der Waals surface area (Å²) in [6, 6.07) is 12.4. The minimum atomic E-state index is 0.194. The molecule has 1 unspecified atom stereocenters. The average Bonchev–Trinajstić information content (AvgIpc) is 2.54. The smallest absolute Gasteiger partial charge is 0.162 e. The normalized spacial score (nSPS) is 16.8. The Hall–Kier alpha value is -2.36. The Kier molecular flexibility index (Phi) is 3.60. The predicted octanol–water partition coefficient (Wildman–Crippen LogP) is 3.39. The first kappa shape index (κ1) is 13.6. The van der Waals surface area contributed by atoms with Gasteiger partial charge < -0.3 is 20.5 Å². The minimum absolute atomic E-state index is 0.194. The summed E-state index contributed by atoms with van der Waals surface area (Å²) in [6.07, 6.45) is 2.05. The second-order valence-electron chi connectivity index (χ2n) is 5.23. The summed E-state index contributed by atoms with van der Waals surface area (Å²) in [5.41, 5.74) is 10.5. The van der Waals surface area contributed by atoms with E-state index in [1.165, 1.54) is 11.3 Å². The van der Waals surface area contributed by atoms with E-state index in [4.69, 9.17) is 15.2 Å². The van der Waals surface area contributed by atoms with Crippen molar-refractivity contribution in [1.82, 2.24) is 0 Å². The number of nitrogens with one attached hydrogen (secondary N) is 1. The molecule has 1 aliphatic heterocycles. The van der Waals surface area contributed by atoms with E-state index in [1.54, 1.807) is 14.2 Å². The van der Waals surface area contributed by atoms with Crippen LogP contribution >= 0.6 is 0 Å². The molecule has 0 saturated heterocycles. The van der Waals surface area contributed by atoms with Gasteiger partial charge in [0, 0.05) is 23.0 Å². The molecule has 0 aromatic heterocycles. The molecule has 0 aliphatic carbocycles. The van der Waals surface area contributed by atoms with Crippen LogP contribution in [0.15, 0.2) is 36.4 Å². The summed E-state index contributed by atoms with van der Waals surface area (Å²) in [4.78, 5) is 0. The lowest BCUT2D eigenvalue weighted by Crippen LogP contribution is -2.19. The van der Waals surface area contributed by atoms with Gasteiger partial charge in [0.05, 0.1) is 20.3 Å². The van der Waals surface area contributed by atoms with Crippen LogP contribution in [-0.4, -0.2) is 14.2 Å². The highest BCUT2D eigenvalue weighted by Crippen LogP contribution is 2.39. The van der Waals surface area contributed by atoms with Gasteiger partial charge in [0.25, 0.3) is 0 Å². The lowest BCUT2D eigenvalue weighted by molar-refractivity contribution is 0.354. The molecule has 0 amide bonds. The van der Waals surface area contributed by atoms with Crippen molar-refractivity contribution in [2.24, 2.45) is 0 Å². The van der Waals surface area contributed by atoms with Crippen LogP contribution in [0.25, 0.3) is 0 Å². The highest BCUT2D eigenvalue weighted by molar-refractivity contribution is 5.62. The second-order valence-corrected chi connectivity index (χ2v) is 5.23. The summed E-state index contributed by atoms with van der Waals surface area (Å²) >= 11 is 0. The summed E-state index contributed by atoms with van der Waals surface area (Å²) in [5, 5.41) is 3.57. The zero-order chi connectivity index (χ0) is 14.8. The Morgan fingerprint density at radius 2 is 1.81 bits per heavy atom. The van der Waals surface area contributed by atoms with Gasteiger partial charge in [0.15, 0.2) is 11.5 Å². The molecular formula is C17H20N2O2. The standard InChI is InChI=1S/C17H20N2O2/c1-20-16-9-12(13(18)10-17(16)21-2)15-8-7-11-5-3-4-6-14(11)19-15/h3-6,9-10,15,19H,7-8,18H2,1-2H3. The van der Waals surface area contributed by atoms with Gasteiger partial charge in [-0.3, -0.25) is 0 Å². The number of hydrogen-bond acceptors (Lipinski definition) is 4. The third-order valence-corrected chi connectivity index (χ3v) is 4.01. The van der Waals surface area contributed by atoms with Gasteiger partial charge in [0.2, 0.25) is 0 Å². The fraction of sp³-hybridized carbons (Fsp3) is 0.294. The van der Waals surface area contributed by atoms with Crippen LogP contribution in [-0.2, 0) is 6.42 Å². The zero-order valence-electron chi connectivity index (χ0n) is 12.3. The van der Waals surface area contributed by atoms with E-state index in [2.05, 4.69) is 23.5 Å². The van der Waals surface area contributed by atoms with Crippen LogP contribution in [0, 0.1) is 0 Å². The number of fused-ring (bicyclic) bond motifs is 1. The van der Waals surface area contributed by atoms with E-state index in [9.17, 15) is 0 Å².